The quantitative estimate of drug-likeness (QED) is 0.789. The van der Waals surface area contributed by atoms with Crippen molar-refractivity contribution >= 4 is 10.8 Å². The molecule has 0 amide bonds. The smallest absolute Gasteiger partial charge is 0.00763 e. The Balaban J connectivity index is 1.83. The number of hydrogen-bond acceptors (Lipinski definition) is 1. The average molecular weight is 223 g/mol. The van der Waals surface area contributed by atoms with Gasteiger partial charge in [-0.1, -0.05) is 42.5 Å². The summed E-state index contributed by atoms with van der Waals surface area (Å²) in [6, 6.07) is 16.0. The maximum atomic E-state index is 6.16. The standard InChI is InChI=1S/C16H17N/c17-15-7-8-16(10-14(15)16)13-6-5-11-3-1-2-4-12(11)9-13/h1-6,9,14-15H,7-8,10,17H2. The van der Waals surface area contributed by atoms with Crippen LogP contribution in [-0.4, -0.2) is 6.04 Å². The highest BCUT2D eigenvalue weighted by molar-refractivity contribution is 5.83. The van der Waals surface area contributed by atoms with Crippen LogP contribution in [0.2, 0.25) is 0 Å². The summed E-state index contributed by atoms with van der Waals surface area (Å²) < 4.78 is 0. The minimum Gasteiger partial charge on any atom is -0.327 e. The fraction of sp³-hybridized carbons (Fsp3) is 0.375. The highest BCUT2D eigenvalue weighted by Crippen LogP contribution is 2.63. The summed E-state index contributed by atoms with van der Waals surface area (Å²) in [4.78, 5) is 0. The Hall–Kier alpha value is -1.34. The Bertz CT molecular complexity index is 589. The van der Waals surface area contributed by atoms with Crippen molar-refractivity contribution in [1.82, 2.24) is 0 Å². The van der Waals surface area contributed by atoms with E-state index < -0.39 is 0 Å². The van der Waals surface area contributed by atoms with Crippen LogP contribution in [-0.2, 0) is 5.41 Å². The van der Waals surface area contributed by atoms with Crippen molar-refractivity contribution in [3.63, 3.8) is 0 Å². The summed E-state index contributed by atoms with van der Waals surface area (Å²) in [6.45, 7) is 0. The van der Waals surface area contributed by atoms with Gasteiger partial charge in [0.05, 0.1) is 0 Å². The van der Waals surface area contributed by atoms with Gasteiger partial charge >= 0.3 is 0 Å². The fourth-order valence-electron chi connectivity index (χ4n) is 3.78. The molecule has 4 rings (SSSR count). The molecule has 0 spiro atoms. The first-order valence-electron chi connectivity index (χ1n) is 6.54. The first kappa shape index (κ1) is 9.67. The topological polar surface area (TPSA) is 26.0 Å². The molecule has 17 heavy (non-hydrogen) atoms. The van der Waals surface area contributed by atoms with Crippen LogP contribution in [0.5, 0.6) is 0 Å². The molecule has 0 bridgehead atoms. The van der Waals surface area contributed by atoms with Gasteiger partial charge in [0.2, 0.25) is 0 Å². The maximum Gasteiger partial charge on any atom is 0.00763 e. The lowest BCUT2D eigenvalue weighted by atomic mass is 9.91. The number of benzene rings is 2. The average Bonchev–Trinajstić information content (AvgIpc) is 3.04. The third-order valence-electron chi connectivity index (χ3n) is 4.90. The van der Waals surface area contributed by atoms with Gasteiger partial charge in [0, 0.05) is 11.5 Å². The third kappa shape index (κ3) is 1.23. The molecule has 3 unspecified atom stereocenters. The Morgan fingerprint density at radius 3 is 2.59 bits per heavy atom. The molecular formula is C16H17N. The molecule has 2 aromatic carbocycles. The molecular weight excluding hydrogens is 206 g/mol. The van der Waals surface area contributed by atoms with Crippen LogP contribution in [0.4, 0.5) is 0 Å². The van der Waals surface area contributed by atoms with E-state index in [9.17, 15) is 0 Å². The molecule has 2 N–H and O–H groups in total. The minimum atomic E-state index is 0.446. The monoisotopic (exact) mass is 223 g/mol. The Morgan fingerprint density at radius 2 is 1.88 bits per heavy atom. The molecule has 2 aliphatic rings. The van der Waals surface area contributed by atoms with Crippen LogP contribution < -0.4 is 5.73 Å². The van der Waals surface area contributed by atoms with E-state index in [0.717, 1.165) is 5.92 Å². The molecule has 2 aliphatic carbocycles. The summed E-state index contributed by atoms with van der Waals surface area (Å²) in [7, 11) is 0. The van der Waals surface area contributed by atoms with Gasteiger partial charge in [0.15, 0.2) is 0 Å². The lowest BCUT2D eigenvalue weighted by Crippen LogP contribution is -2.19. The summed E-state index contributed by atoms with van der Waals surface area (Å²) in [5, 5.41) is 2.71. The number of hydrogen-bond donors (Lipinski definition) is 1. The van der Waals surface area contributed by atoms with E-state index in [1.54, 1.807) is 0 Å². The minimum absolute atomic E-state index is 0.446. The van der Waals surface area contributed by atoms with Crippen molar-refractivity contribution in [3.05, 3.63) is 48.0 Å². The SMILES string of the molecule is NC1CCC2(c3ccc4ccccc4c3)CC12. The second-order valence-electron chi connectivity index (χ2n) is 5.73. The molecule has 86 valence electrons. The zero-order valence-corrected chi connectivity index (χ0v) is 9.89. The maximum absolute atomic E-state index is 6.16. The van der Waals surface area contributed by atoms with E-state index in [0.29, 0.717) is 11.5 Å². The van der Waals surface area contributed by atoms with Crippen molar-refractivity contribution < 1.29 is 0 Å². The van der Waals surface area contributed by atoms with Crippen molar-refractivity contribution in [2.75, 3.05) is 0 Å². The van der Waals surface area contributed by atoms with Gasteiger partial charge in [-0.15, -0.1) is 0 Å². The number of rotatable bonds is 1. The van der Waals surface area contributed by atoms with Crippen LogP contribution in [0.1, 0.15) is 24.8 Å². The second-order valence-corrected chi connectivity index (χ2v) is 5.73. The molecule has 1 nitrogen and oxygen atoms in total. The zero-order valence-electron chi connectivity index (χ0n) is 9.89. The van der Waals surface area contributed by atoms with Crippen molar-refractivity contribution in [2.24, 2.45) is 11.7 Å². The second kappa shape index (κ2) is 3.11. The first-order chi connectivity index (χ1) is 8.29. The van der Waals surface area contributed by atoms with Gasteiger partial charge in [-0.3, -0.25) is 0 Å². The number of nitrogens with two attached hydrogens (primary N) is 1. The first-order valence-corrected chi connectivity index (χ1v) is 6.54. The van der Waals surface area contributed by atoms with Crippen LogP contribution >= 0.6 is 0 Å². The van der Waals surface area contributed by atoms with E-state index in [1.165, 1.54) is 35.6 Å². The molecule has 1 heteroatoms. The lowest BCUT2D eigenvalue weighted by Gasteiger charge is -2.13. The molecule has 3 atom stereocenters. The van der Waals surface area contributed by atoms with Crippen LogP contribution in [0.25, 0.3) is 10.8 Å². The Labute approximate surface area is 102 Å². The summed E-state index contributed by atoms with van der Waals surface area (Å²) in [5.41, 5.74) is 8.13. The highest BCUT2D eigenvalue weighted by atomic mass is 14.8. The normalized spacial score (nSPS) is 34.9. The molecule has 2 aromatic rings. The van der Waals surface area contributed by atoms with Gasteiger partial charge in [-0.05, 0) is 41.5 Å². The van der Waals surface area contributed by atoms with Gasteiger partial charge in [-0.25, -0.2) is 0 Å². The molecule has 0 aromatic heterocycles. The van der Waals surface area contributed by atoms with E-state index in [4.69, 9.17) is 5.73 Å². The molecule has 0 radical (unpaired) electrons. The highest BCUT2D eigenvalue weighted by Gasteiger charge is 2.61. The fourth-order valence-corrected chi connectivity index (χ4v) is 3.78. The van der Waals surface area contributed by atoms with Gasteiger partial charge in [0.25, 0.3) is 0 Å². The van der Waals surface area contributed by atoms with Crippen molar-refractivity contribution in [3.8, 4) is 0 Å². The predicted octanol–water partition coefficient (Wildman–Crippen LogP) is 3.22. The summed E-state index contributed by atoms with van der Waals surface area (Å²) in [6.07, 6.45) is 3.81. The molecule has 2 saturated carbocycles. The van der Waals surface area contributed by atoms with E-state index in [1.807, 2.05) is 0 Å². The van der Waals surface area contributed by atoms with Crippen molar-refractivity contribution in [2.45, 2.75) is 30.7 Å². The van der Waals surface area contributed by atoms with E-state index >= 15 is 0 Å². The van der Waals surface area contributed by atoms with Crippen molar-refractivity contribution in [1.29, 1.82) is 0 Å². The Kier molecular flexibility index (Phi) is 1.77. The summed E-state index contributed by atoms with van der Waals surface area (Å²) in [5.74, 6) is 0.753. The van der Waals surface area contributed by atoms with Crippen LogP contribution in [0.15, 0.2) is 42.5 Å². The lowest BCUT2D eigenvalue weighted by molar-refractivity contribution is 0.613. The third-order valence-corrected chi connectivity index (χ3v) is 4.90. The van der Waals surface area contributed by atoms with E-state index in [2.05, 4.69) is 42.5 Å². The van der Waals surface area contributed by atoms with Gasteiger partial charge in [-0.2, -0.15) is 0 Å². The molecule has 0 saturated heterocycles. The number of fused-ring (bicyclic) bond motifs is 2. The molecule has 0 heterocycles. The predicted molar refractivity (Wildman–Crippen MR) is 70.9 cm³/mol. The summed E-state index contributed by atoms with van der Waals surface area (Å²) >= 11 is 0. The van der Waals surface area contributed by atoms with Gasteiger partial charge in [0.1, 0.15) is 0 Å². The van der Waals surface area contributed by atoms with Gasteiger partial charge < -0.3 is 5.73 Å². The largest absolute Gasteiger partial charge is 0.327 e. The van der Waals surface area contributed by atoms with E-state index in [-0.39, 0.29) is 0 Å². The van der Waals surface area contributed by atoms with Crippen LogP contribution in [0, 0.1) is 5.92 Å². The molecule has 0 aliphatic heterocycles. The van der Waals surface area contributed by atoms with Crippen LogP contribution in [0.3, 0.4) is 0 Å². The molecule has 2 fully saturated rings. The Morgan fingerprint density at radius 1 is 1.06 bits per heavy atom. The zero-order chi connectivity index (χ0) is 11.5.